The number of benzene rings is 2. The standard InChI is InChI=1S/C19H20FNO3/c1-19(2)10-13-6-11(4-5-16(13)17(19)21-18(22)23)12-7-14(20)9-15(8-12)24-3/h4-9,17,21H,10H2,1-3H3,(H,22,23). The molecule has 0 saturated heterocycles. The van der Waals surface area contributed by atoms with Crippen molar-refractivity contribution in [1.29, 1.82) is 0 Å². The van der Waals surface area contributed by atoms with Crippen molar-refractivity contribution >= 4 is 6.09 Å². The fraction of sp³-hybridized carbons (Fsp3) is 0.316. The summed E-state index contributed by atoms with van der Waals surface area (Å²) >= 11 is 0. The van der Waals surface area contributed by atoms with Crippen molar-refractivity contribution < 1.29 is 19.0 Å². The van der Waals surface area contributed by atoms with Crippen molar-refractivity contribution in [3.63, 3.8) is 0 Å². The van der Waals surface area contributed by atoms with E-state index in [1.807, 2.05) is 32.0 Å². The first-order valence-electron chi connectivity index (χ1n) is 7.77. The highest BCUT2D eigenvalue weighted by Gasteiger charge is 2.39. The van der Waals surface area contributed by atoms with Gasteiger partial charge in [-0.1, -0.05) is 32.0 Å². The van der Waals surface area contributed by atoms with E-state index in [0.29, 0.717) is 5.75 Å². The summed E-state index contributed by atoms with van der Waals surface area (Å²) in [6.07, 6.45) is -0.270. The summed E-state index contributed by atoms with van der Waals surface area (Å²) in [5.74, 6) is 0.117. The van der Waals surface area contributed by atoms with Crippen LogP contribution in [0.3, 0.4) is 0 Å². The van der Waals surface area contributed by atoms with Crippen LogP contribution in [0.2, 0.25) is 0 Å². The van der Waals surface area contributed by atoms with Gasteiger partial charge in [0.25, 0.3) is 0 Å². The molecule has 1 atom stereocenters. The van der Waals surface area contributed by atoms with Gasteiger partial charge in [0, 0.05) is 6.07 Å². The van der Waals surface area contributed by atoms with Crippen LogP contribution in [0.4, 0.5) is 9.18 Å². The molecule has 0 heterocycles. The van der Waals surface area contributed by atoms with Gasteiger partial charge in [-0.15, -0.1) is 0 Å². The fourth-order valence-electron chi connectivity index (χ4n) is 3.48. The van der Waals surface area contributed by atoms with Crippen LogP contribution in [-0.2, 0) is 6.42 Å². The Morgan fingerprint density at radius 2 is 2.00 bits per heavy atom. The molecule has 2 N–H and O–H groups in total. The predicted octanol–water partition coefficient (Wildman–Crippen LogP) is 4.39. The molecule has 0 aromatic heterocycles. The van der Waals surface area contributed by atoms with E-state index in [2.05, 4.69) is 5.32 Å². The molecule has 0 spiro atoms. The van der Waals surface area contributed by atoms with Gasteiger partial charge in [0.2, 0.25) is 0 Å². The highest BCUT2D eigenvalue weighted by molar-refractivity contribution is 5.69. The first-order chi connectivity index (χ1) is 11.3. The van der Waals surface area contributed by atoms with Gasteiger partial charge in [0.05, 0.1) is 13.2 Å². The van der Waals surface area contributed by atoms with E-state index < -0.39 is 6.09 Å². The fourth-order valence-corrected chi connectivity index (χ4v) is 3.48. The molecule has 0 fully saturated rings. The van der Waals surface area contributed by atoms with E-state index in [9.17, 15) is 9.18 Å². The minimum absolute atomic E-state index is 0.209. The van der Waals surface area contributed by atoms with Gasteiger partial charge in [-0.25, -0.2) is 9.18 Å². The van der Waals surface area contributed by atoms with Gasteiger partial charge in [0.15, 0.2) is 0 Å². The molecule has 0 aliphatic heterocycles. The van der Waals surface area contributed by atoms with Crippen LogP contribution in [0.5, 0.6) is 5.75 Å². The summed E-state index contributed by atoms with van der Waals surface area (Å²) in [6.45, 7) is 4.08. The Morgan fingerprint density at radius 3 is 2.67 bits per heavy atom. The molecule has 126 valence electrons. The number of halogens is 1. The molecule has 1 aliphatic rings. The molecule has 3 rings (SSSR count). The van der Waals surface area contributed by atoms with Crippen molar-refractivity contribution in [1.82, 2.24) is 5.32 Å². The Kier molecular flexibility index (Phi) is 3.95. The van der Waals surface area contributed by atoms with Gasteiger partial charge in [-0.2, -0.15) is 0 Å². The summed E-state index contributed by atoms with van der Waals surface area (Å²) in [7, 11) is 1.51. The number of carboxylic acid groups (broad SMARTS) is 1. The summed E-state index contributed by atoms with van der Waals surface area (Å²) in [5, 5.41) is 11.7. The van der Waals surface area contributed by atoms with Crippen LogP contribution in [0.1, 0.15) is 31.0 Å². The largest absolute Gasteiger partial charge is 0.497 e. The second-order valence-electron chi connectivity index (χ2n) is 6.84. The molecular formula is C19H20FNO3. The third-order valence-electron chi connectivity index (χ3n) is 4.59. The Hall–Kier alpha value is -2.56. The average Bonchev–Trinajstić information content (AvgIpc) is 2.75. The molecule has 1 unspecified atom stereocenters. The van der Waals surface area contributed by atoms with Crippen molar-refractivity contribution in [2.45, 2.75) is 26.3 Å². The maximum absolute atomic E-state index is 13.7. The number of amides is 1. The van der Waals surface area contributed by atoms with E-state index in [1.54, 1.807) is 6.07 Å². The number of ether oxygens (including phenoxy) is 1. The lowest BCUT2D eigenvalue weighted by Gasteiger charge is -2.27. The maximum atomic E-state index is 13.7. The first-order valence-corrected chi connectivity index (χ1v) is 7.77. The third-order valence-corrected chi connectivity index (χ3v) is 4.59. The second-order valence-corrected chi connectivity index (χ2v) is 6.84. The number of hydrogen-bond acceptors (Lipinski definition) is 2. The zero-order valence-electron chi connectivity index (χ0n) is 13.9. The summed E-state index contributed by atoms with van der Waals surface area (Å²) < 4.78 is 18.9. The SMILES string of the molecule is COc1cc(F)cc(-c2ccc3c(c2)CC(C)(C)C3NC(=O)O)c1. The molecule has 4 nitrogen and oxygen atoms in total. The Labute approximate surface area is 140 Å². The Balaban J connectivity index is 2.02. The number of nitrogens with one attached hydrogen (secondary N) is 1. The molecule has 24 heavy (non-hydrogen) atoms. The maximum Gasteiger partial charge on any atom is 0.405 e. The van der Waals surface area contributed by atoms with Crippen molar-refractivity contribution in [2.24, 2.45) is 5.41 Å². The summed E-state index contributed by atoms with van der Waals surface area (Å²) in [6, 6.07) is 10.2. The molecule has 0 bridgehead atoms. The van der Waals surface area contributed by atoms with Crippen LogP contribution < -0.4 is 10.1 Å². The first kappa shape index (κ1) is 16.3. The van der Waals surface area contributed by atoms with Crippen molar-refractivity contribution in [3.05, 3.63) is 53.3 Å². The van der Waals surface area contributed by atoms with Crippen LogP contribution in [0.25, 0.3) is 11.1 Å². The minimum Gasteiger partial charge on any atom is -0.497 e. The number of rotatable bonds is 3. The summed E-state index contributed by atoms with van der Waals surface area (Å²) in [5.41, 5.74) is 3.48. The average molecular weight is 329 g/mol. The van der Waals surface area contributed by atoms with Gasteiger partial charge < -0.3 is 15.2 Å². The summed E-state index contributed by atoms with van der Waals surface area (Å²) in [4.78, 5) is 11.1. The van der Waals surface area contributed by atoms with Crippen LogP contribution >= 0.6 is 0 Å². The number of hydrogen-bond donors (Lipinski definition) is 2. The molecule has 5 heteroatoms. The normalized spacial score (nSPS) is 18.1. The lowest BCUT2D eigenvalue weighted by Crippen LogP contribution is -2.34. The van der Waals surface area contributed by atoms with Crippen LogP contribution in [0, 0.1) is 11.2 Å². The van der Waals surface area contributed by atoms with Crippen molar-refractivity contribution in [3.8, 4) is 16.9 Å². The van der Waals surface area contributed by atoms with Gasteiger partial charge >= 0.3 is 6.09 Å². The molecule has 0 saturated carbocycles. The second kappa shape index (κ2) is 5.82. The van der Waals surface area contributed by atoms with Gasteiger partial charge in [-0.3, -0.25) is 0 Å². The smallest absolute Gasteiger partial charge is 0.405 e. The zero-order chi connectivity index (χ0) is 17.5. The lowest BCUT2D eigenvalue weighted by molar-refractivity contribution is 0.175. The monoisotopic (exact) mass is 329 g/mol. The quantitative estimate of drug-likeness (QED) is 0.878. The third kappa shape index (κ3) is 2.94. The molecule has 2 aromatic carbocycles. The number of fused-ring (bicyclic) bond motifs is 1. The van der Waals surface area contributed by atoms with E-state index >= 15 is 0 Å². The van der Waals surface area contributed by atoms with E-state index in [-0.39, 0.29) is 17.3 Å². The minimum atomic E-state index is -1.03. The molecular weight excluding hydrogens is 309 g/mol. The number of methoxy groups -OCH3 is 1. The highest BCUT2D eigenvalue weighted by atomic mass is 19.1. The number of carbonyl (C=O) groups is 1. The topological polar surface area (TPSA) is 58.6 Å². The molecule has 2 aromatic rings. The Bertz CT molecular complexity index is 801. The van der Waals surface area contributed by atoms with Gasteiger partial charge in [-0.05, 0) is 46.2 Å². The lowest BCUT2D eigenvalue weighted by atomic mass is 9.85. The van der Waals surface area contributed by atoms with Crippen LogP contribution in [0.15, 0.2) is 36.4 Å². The van der Waals surface area contributed by atoms with Crippen LogP contribution in [-0.4, -0.2) is 18.3 Å². The van der Waals surface area contributed by atoms with E-state index in [1.165, 1.54) is 19.2 Å². The molecule has 1 amide bonds. The molecule has 1 aliphatic carbocycles. The van der Waals surface area contributed by atoms with Crippen molar-refractivity contribution in [2.75, 3.05) is 7.11 Å². The highest BCUT2D eigenvalue weighted by Crippen LogP contribution is 2.46. The van der Waals surface area contributed by atoms with E-state index in [4.69, 9.17) is 9.84 Å². The van der Waals surface area contributed by atoms with Gasteiger partial charge in [0.1, 0.15) is 11.6 Å². The van der Waals surface area contributed by atoms with E-state index in [0.717, 1.165) is 28.7 Å². The predicted molar refractivity (Wildman–Crippen MR) is 89.8 cm³/mol. The zero-order valence-corrected chi connectivity index (χ0v) is 13.9. The molecule has 0 radical (unpaired) electrons. The Morgan fingerprint density at radius 1 is 1.25 bits per heavy atom.